The zero-order chi connectivity index (χ0) is 21.7. The summed E-state index contributed by atoms with van der Waals surface area (Å²) in [6, 6.07) is 20.8. The summed E-state index contributed by atoms with van der Waals surface area (Å²) in [5.41, 5.74) is 0. The molecule has 0 unspecified atom stereocenters. The molecular weight excluding hydrogens is 380 g/mol. The van der Waals surface area contributed by atoms with Crippen LogP contribution in [0.3, 0.4) is 0 Å². The maximum absolute atomic E-state index is 11.8. The molecule has 0 bridgehead atoms. The summed E-state index contributed by atoms with van der Waals surface area (Å²) in [7, 11) is -1.31. The van der Waals surface area contributed by atoms with E-state index in [0.717, 1.165) is 0 Å². The molecule has 158 valence electrons. The van der Waals surface area contributed by atoms with Crippen LogP contribution in [0, 0.1) is 11.8 Å². The Bertz CT molecular complexity index is 731. The second kappa shape index (κ2) is 9.70. The molecule has 0 radical (unpaired) electrons. The average Bonchev–Trinajstić information content (AvgIpc) is 2.72. The predicted molar refractivity (Wildman–Crippen MR) is 120 cm³/mol. The van der Waals surface area contributed by atoms with Gasteiger partial charge in [0, 0.05) is 12.5 Å². The summed E-state index contributed by atoms with van der Waals surface area (Å²) >= 11 is 0. The van der Waals surface area contributed by atoms with E-state index in [9.17, 15) is 9.90 Å². The van der Waals surface area contributed by atoms with Crippen LogP contribution in [0.15, 0.2) is 60.7 Å². The molecule has 4 nitrogen and oxygen atoms in total. The molecule has 0 amide bonds. The third-order valence-electron chi connectivity index (χ3n) is 5.65. The summed E-state index contributed by atoms with van der Waals surface area (Å²) < 4.78 is 11.6. The van der Waals surface area contributed by atoms with Crippen molar-refractivity contribution in [1.82, 2.24) is 0 Å². The van der Waals surface area contributed by atoms with Gasteiger partial charge >= 0.3 is 5.97 Å². The van der Waals surface area contributed by atoms with Crippen LogP contribution >= 0.6 is 0 Å². The van der Waals surface area contributed by atoms with Gasteiger partial charge in [0.15, 0.2) is 0 Å². The van der Waals surface area contributed by atoms with Crippen molar-refractivity contribution >= 4 is 24.7 Å². The van der Waals surface area contributed by atoms with E-state index in [1.807, 2.05) is 43.3 Å². The Labute approximate surface area is 176 Å². The van der Waals surface area contributed by atoms with Gasteiger partial charge in [0.1, 0.15) is 0 Å². The predicted octanol–water partition coefficient (Wildman–Crippen LogP) is 3.37. The van der Waals surface area contributed by atoms with Gasteiger partial charge in [-0.25, -0.2) is 0 Å². The van der Waals surface area contributed by atoms with Gasteiger partial charge in [0.05, 0.1) is 19.1 Å². The van der Waals surface area contributed by atoms with Crippen molar-refractivity contribution in [3.05, 3.63) is 60.7 Å². The van der Waals surface area contributed by atoms with Crippen LogP contribution in [-0.4, -0.2) is 39.2 Å². The number of aliphatic hydroxyl groups is 1. The first kappa shape index (κ1) is 23.3. The highest BCUT2D eigenvalue weighted by molar-refractivity contribution is 6.99. The molecule has 0 heterocycles. The highest BCUT2D eigenvalue weighted by atomic mass is 28.4. The SMILES string of the molecule is COC(=O)[C@H](C)[C@@H](O)[C@H](C)CO[Si](c1ccccc1)(c1ccccc1)C(C)(C)C. The molecule has 0 aromatic heterocycles. The number of benzene rings is 2. The van der Waals surface area contributed by atoms with Crippen molar-refractivity contribution in [2.45, 2.75) is 45.8 Å². The van der Waals surface area contributed by atoms with Gasteiger partial charge in [-0.2, -0.15) is 0 Å². The Morgan fingerprint density at radius 3 is 1.79 bits per heavy atom. The Morgan fingerprint density at radius 1 is 0.966 bits per heavy atom. The number of hydrogen-bond donors (Lipinski definition) is 1. The van der Waals surface area contributed by atoms with Crippen LogP contribution in [0.1, 0.15) is 34.6 Å². The fourth-order valence-corrected chi connectivity index (χ4v) is 8.60. The lowest BCUT2D eigenvalue weighted by molar-refractivity contribution is -0.150. The number of carbonyl (C=O) groups is 1. The minimum absolute atomic E-state index is 0.131. The normalized spacial score (nSPS) is 15.4. The fraction of sp³-hybridized carbons (Fsp3) is 0.458. The van der Waals surface area contributed by atoms with Crippen LogP contribution < -0.4 is 10.4 Å². The zero-order valence-corrected chi connectivity index (χ0v) is 19.4. The molecule has 0 spiro atoms. The molecule has 5 heteroatoms. The van der Waals surface area contributed by atoms with Crippen LogP contribution in [0.5, 0.6) is 0 Å². The van der Waals surface area contributed by atoms with Crippen molar-refractivity contribution in [3.8, 4) is 0 Å². The van der Waals surface area contributed by atoms with Gasteiger partial charge in [-0.3, -0.25) is 4.79 Å². The van der Waals surface area contributed by atoms with Crippen molar-refractivity contribution in [2.24, 2.45) is 11.8 Å². The lowest BCUT2D eigenvalue weighted by Crippen LogP contribution is -2.67. The van der Waals surface area contributed by atoms with E-state index in [1.165, 1.54) is 17.5 Å². The lowest BCUT2D eigenvalue weighted by Gasteiger charge is -2.44. The molecule has 2 aromatic carbocycles. The third kappa shape index (κ3) is 4.97. The van der Waals surface area contributed by atoms with E-state index in [4.69, 9.17) is 9.16 Å². The van der Waals surface area contributed by atoms with Crippen molar-refractivity contribution in [2.75, 3.05) is 13.7 Å². The minimum atomic E-state index is -2.66. The summed E-state index contributed by atoms with van der Waals surface area (Å²) in [4.78, 5) is 11.8. The van der Waals surface area contributed by atoms with Crippen LogP contribution in [0.4, 0.5) is 0 Å². The first-order chi connectivity index (χ1) is 13.6. The van der Waals surface area contributed by atoms with Gasteiger partial charge in [-0.1, -0.05) is 88.4 Å². The number of aliphatic hydroxyl groups excluding tert-OH is 1. The summed E-state index contributed by atoms with van der Waals surface area (Å²) in [6.07, 6.45) is -0.833. The Kier molecular flexibility index (Phi) is 7.80. The van der Waals surface area contributed by atoms with Crippen molar-refractivity contribution < 1.29 is 19.1 Å². The molecule has 0 aliphatic rings. The highest BCUT2D eigenvalue weighted by Crippen LogP contribution is 2.37. The van der Waals surface area contributed by atoms with Crippen LogP contribution in [0.2, 0.25) is 5.04 Å². The van der Waals surface area contributed by atoms with Crippen LogP contribution in [0.25, 0.3) is 0 Å². The number of methoxy groups -OCH3 is 1. The smallest absolute Gasteiger partial charge is 0.311 e. The molecule has 2 rings (SSSR count). The standard InChI is InChI=1S/C24H34O4Si/c1-18(22(25)19(2)23(26)27-6)17-28-29(24(3,4)5,20-13-9-7-10-14-20)21-15-11-8-12-16-21/h7-16,18-19,22,25H,17H2,1-6H3/t18-,19-,22+/m1/s1. The molecule has 29 heavy (non-hydrogen) atoms. The molecule has 0 aliphatic carbocycles. The topological polar surface area (TPSA) is 55.8 Å². The van der Waals surface area contributed by atoms with E-state index >= 15 is 0 Å². The Hall–Kier alpha value is -1.95. The molecule has 0 saturated carbocycles. The van der Waals surface area contributed by atoms with Gasteiger partial charge in [0.25, 0.3) is 8.32 Å². The number of carbonyl (C=O) groups excluding carboxylic acids is 1. The monoisotopic (exact) mass is 414 g/mol. The Morgan fingerprint density at radius 2 is 1.41 bits per heavy atom. The second-order valence-electron chi connectivity index (χ2n) is 8.75. The lowest BCUT2D eigenvalue weighted by atomic mass is 9.94. The molecule has 0 fully saturated rings. The second-order valence-corrected chi connectivity index (χ2v) is 13.1. The number of ether oxygens (including phenoxy) is 1. The van der Waals surface area contributed by atoms with E-state index in [0.29, 0.717) is 6.61 Å². The van der Waals surface area contributed by atoms with Crippen LogP contribution in [-0.2, 0) is 14.0 Å². The van der Waals surface area contributed by atoms with Gasteiger partial charge in [0.2, 0.25) is 0 Å². The van der Waals surface area contributed by atoms with E-state index in [-0.39, 0.29) is 11.0 Å². The quantitative estimate of drug-likeness (QED) is 0.532. The Balaban J connectivity index is 2.43. The minimum Gasteiger partial charge on any atom is -0.469 e. The highest BCUT2D eigenvalue weighted by Gasteiger charge is 2.50. The van der Waals surface area contributed by atoms with E-state index in [1.54, 1.807) is 6.92 Å². The first-order valence-electron chi connectivity index (χ1n) is 10.2. The van der Waals surface area contributed by atoms with E-state index in [2.05, 4.69) is 45.0 Å². The molecule has 3 atom stereocenters. The third-order valence-corrected chi connectivity index (χ3v) is 10.7. The maximum Gasteiger partial charge on any atom is 0.311 e. The summed E-state index contributed by atoms with van der Waals surface area (Å²) in [5.74, 6) is -1.22. The molecule has 0 saturated heterocycles. The van der Waals surface area contributed by atoms with Crippen molar-refractivity contribution in [1.29, 1.82) is 0 Å². The van der Waals surface area contributed by atoms with E-state index < -0.39 is 26.3 Å². The molecule has 2 aromatic rings. The summed E-state index contributed by atoms with van der Waals surface area (Å²) in [6.45, 7) is 10.6. The first-order valence-corrected chi connectivity index (χ1v) is 12.1. The largest absolute Gasteiger partial charge is 0.469 e. The average molecular weight is 415 g/mol. The zero-order valence-electron chi connectivity index (χ0n) is 18.4. The van der Waals surface area contributed by atoms with Crippen molar-refractivity contribution in [3.63, 3.8) is 0 Å². The molecule has 0 aliphatic heterocycles. The fourth-order valence-electron chi connectivity index (χ4n) is 3.93. The number of hydrogen-bond acceptors (Lipinski definition) is 4. The number of esters is 1. The van der Waals surface area contributed by atoms with Gasteiger partial charge in [-0.05, 0) is 22.3 Å². The molecule has 1 N–H and O–H groups in total. The maximum atomic E-state index is 11.8. The number of rotatable bonds is 8. The van der Waals surface area contributed by atoms with Gasteiger partial charge < -0.3 is 14.3 Å². The summed E-state index contributed by atoms with van der Waals surface area (Å²) in [5, 5.41) is 12.9. The van der Waals surface area contributed by atoms with Gasteiger partial charge in [-0.15, -0.1) is 0 Å². The molecular formula is C24H34O4Si.